The van der Waals surface area contributed by atoms with E-state index in [1.165, 1.54) is 19.2 Å². The highest BCUT2D eigenvalue weighted by Crippen LogP contribution is 2.29. The Kier molecular flexibility index (Phi) is 12.5. The van der Waals surface area contributed by atoms with Crippen molar-refractivity contribution in [3.05, 3.63) is 94.0 Å². The summed E-state index contributed by atoms with van der Waals surface area (Å²) in [5, 5.41) is 20.2. The number of urea groups is 1. The minimum atomic E-state index is -4.65. The van der Waals surface area contributed by atoms with Crippen LogP contribution < -0.4 is 21.1 Å². The quantitative estimate of drug-likeness (QED) is 0.108. The lowest BCUT2D eigenvalue weighted by Crippen LogP contribution is -2.48. The highest BCUT2D eigenvalue weighted by Gasteiger charge is 2.36. The van der Waals surface area contributed by atoms with Gasteiger partial charge in [0.2, 0.25) is 12.5 Å². The molecule has 15 heteroatoms. The van der Waals surface area contributed by atoms with Gasteiger partial charge >= 0.3 is 12.2 Å². The smallest absolute Gasteiger partial charge is 0.425 e. The zero-order valence-corrected chi connectivity index (χ0v) is 27.6. The number of methoxy groups -OCH3 is 1. The van der Waals surface area contributed by atoms with E-state index in [9.17, 15) is 32.7 Å². The fraction of sp³-hybridized carbons (Fsp3) is 0.353. The third-order valence-electron chi connectivity index (χ3n) is 7.81. The first-order valence-corrected chi connectivity index (χ1v) is 15.8. The Labute approximate surface area is 286 Å². The molecule has 1 heterocycles. The molecule has 49 heavy (non-hydrogen) atoms. The number of carbonyl (C=O) groups excluding carboxylic acids is 3. The van der Waals surface area contributed by atoms with Crippen LogP contribution in [0.15, 0.2) is 71.9 Å². The van der Waals surface area contributed by atoms with Crippen molar-refractivity contribution in [1.29, 1.82) is 0 Å². The number of aliphatic hydroxyl groups is 1. The number of carbonyl (C=O) groups is 3. The highest BCUT2D eigenvalue weighted by atomic mass is 35.5. The van der Waals surface area contributed by atoms with Crippen molar-refractivity contribution < 1.29 is 42.2 Å². The first-order chi connectivity index (χ1) is 23.3. The van der Waals surface area contributed by atoms with E-state index < -0.39 is 55.1 Å². The fourth-order valence-corrected chi connectivity index (χ4v) is 5.57. The van der Waals surface area contributed by atoms with Crippen LogP contribution in [0, 0.1) is 5.92 Å². The largest absolute Gasteiger partial charge is 0.496 e. The van der Waals surface area contributed by atoms with Gasteiger partial charge in [0.05, 0.1) is 25.6 Å². The number of amides is 3. The second-order valence-corrected chi connectivity index (χ2v) is 11.8. The summed E-state index contributed by atoms with van der Waals surface area (Å²) in [6.07, 6.45) is -5.00. The van der Waals surface area contributed by atoms with Gasteiger partial charge in [-0.25, -0.2) is 4.79 Å². The summed E-state index contributed by atoms with van der Waals surface area (Å²) in [5.74, 6) is -1.81. The number of amidine groups is 1. The normalized spacial score (nSPS) is 17.1. The average molecular weight is 704 g/mol. The summed E-state index contributed by atoms with van der Waals surface area (Å²) in [6.45, 7) is -0.361. The predicted octanol–water partition coefficient (Wildman–Crippen LogP) is 5.58. The molecule has 1 aliphatic heterocycles. The number of imide groups is 1. The number of halogens is 4. The van der Waals surface area contributed by atoms with Crippen molar-refractivity contribution in [3.63, 3.8) is 0 Å². The standard InChI is InChI=1S/C34H37ClF3N5O6/c1-3-7-27(21-10-12-25(26(39)16-21)31(45)30(44)20-8-5-4-6-9-20)41-33(47)43-18-29(42-49-19-34(36,37)38)40-17-23(32(43)46)14-22-15-24(35)11-13-28(22)48-2/h4-6,8-13,15-16,23,27,30,44H,3,7,14,17-19,39H2,1-2H3,(H,40,42)(H,41,47)/t23-,27+,30?/m0/s1. The topological polar surface area (TPSA) is 156 Å². The zero-order chi connectivity index (χ0) is 35.7. The van der Waals surface area contributed by atoms with Gasteiger partial charge in [0.1, 0.15) is 11.9 Å². The van der Waals surface area contributed by atoms with Gasteiger partial charge in [-0.05, 0) is 59.9 Å². The molecular formula is C34H37ClF3N5O6. The highest BCUT2D eigenvalue weighted by molar-refractivity contribution is 6.30. The molecule has 1 aliphatic rings. The molecule has 3 atom stereocenters. The van der Waals surface area contributed by atoms with Gasteiger partial charge in [-0.15, -0.1) is 0 Å². The molecular weight excluding hydrogens is 667 g/mol. The molecule has 0 radical (unpaired) electrons. The van der Waals surface area contributed by atoms with Crippen molar-refractivity contribution in [1.82, 2.24) is 15.5 Å². The lowest BCUT2D eigenvalue weighted by molar-refractivity contribution is -0.173. The number of nitrogen functional groups attached to an aromatic ring is 1. The van der Waals surface area contributed by atoms with Crippen LogP contribution in [0.2, 0.25) is 5.02 Å². The summed E-state index contributed by atoms with van der Waals surface area (Å²) in [5.41, 5.74) is 7.95. The van der Waals surface area contributed by atoms with Gasteiger partial charge in [-0.2, -0.15) is 13.2 Å². The number of benzene rings is 3. The van der Waals surface area contributed by atoms with E-state index in [1.807, 2.05) is 6.92 Å². The fourth-order valence-electron chi connectivity index (χ4n) is 5.37. The summed E-state index contributed by atoms with van der Waals surface area (Å²) < 4.78 is 43.7. The lowest BCUT2D eigenvalue weighted by Gasteiger charge is -2.26. The van der Waals surface area contributed by atoms with Crippen molar-refractivity contribution >= 4 is 40.8 Å². The Morgan fingerprint density at radius 3 is 2.53 bits per heavy atom. The molecule has 1 saturated heterocycles. The molecule has 3 amide bonds. The molecule has 1 fully saturated rings. The molecule has 262 valence electrons. The number of ketones is 1. The zero-order valence-electron chi connectivity index (χ0n) is 26.8. The maximum Gasteiger partial charge on any atom is 0.425 e. The number of anilines is 1. The van der Waals surface area contributed by atoms with Gasteiger partial charge < -0.3 is 31.0 Å². The van der Waals surface area contributed by atoms with Gasteiger partial charge in [0.15, 0.2) is 11.6 Å². The maximum atomic E-state index is 13.9. The third-order valence-corrected chi connectivity index (χ3v) is 8.05. The van der Waals surface area contributed by atoms with E-state index >= 15 is 0 Å². The van der Waals surface area contributed by atoms with Gasteiger partial charge in [-0.3, -0.25) is 14.5 Å². The second kappa shape index (κ2) is 16.5. The predicted molar refractivity (Wildman–Crippen MR) is 177 cm³/mol. The van der Waals surface area contributed by atoms with Crippen molar-refractivity contribution in [2.24, 2.45) is 11.1 Å². The van der Waals surface area contributed by atoms with Crippen LogP contribution in [0.5, 0.6) is 5.75 Å². The summed E-state index contributed by atoms with van der Waals surface area (Å²) in [6, 6.07) is 16.3. The molecule has 1 unspecified atom stereocenters. The van der Waals surface area contributed by atoms with Gasteiger partial charge in [-0.1, -0.05) is 66.5 Å². The number of oxime groups is 1. The van der Waals surface area contributed by atoms with E-state index in [0.29, 0.717) is 40.3 Å². The molecule has 0 aliphatic carbocycles. The van der Waals surface area contributed by atoms with Crippen LogP contribution in [0.3, 0.4) is 0 Å². The average Bonchev–Trinajstić information content (AvgIpc) is 3.22. The van der Waals surface area contributed by atoms with Crippen molar-refractivity contribution in [2.75, 3.05) is 32.5 Å². The minimum Gasteiger partial charge on any atom is -0.496 e. The van der Waals surface area contributed by atoms with Crippen molar-refractivity contribution in [3.8, 4) is 5.75 Å². The molecule has 3 aromatic rings. The minimum absolute atomic E-state index is 0.0776. The molecule has 11 nitrogen and oxygen atoms in total. The Balaban J connectivity index is 1.59. The van der Waals surface area contributed by atoms with E-state index in [1.54, 1.807) is 54.6 Å². The van der Waals surface area contributed by atoms with Gasteiger partial charge in [0, 0.05) is 22.8 Å². The lowest BCUT2D eigenvalue weighted by atomic mass is 9.95. The molecule has 3 aromatic carbocycles. The van der Waals surface area contributed by atoms with E-state index in [2.05, 4.69) is 20.6 Å². The molecule has 0 bridgehead atoms. The molecule has 0 saturated carbocycles. The van der Waals surface area contributed by atoms with Crippen LogP contribution in [-0.4, -0.2) is 66.5 Å². The molecule has 0 aromatic heterocycles. The Hall–Kier alpha value is -4.82. The van der Waals surface area contributed by atoms with Crippen molar-refractivity contribution in [2.45, 2.75) is 44.5 Å². The maximum absolute atomic E-state index is 13.9. The number of alkyl halides is 3. The van der Waals surface area contributed by atoms with Crippen LogP contribution >= 0.6 is 11.6 Å². The number of ether oxygens (including phenoxy) is 1. The molecule has 4 rings (SSSR count). The molecule has 0 spiro atoms. The number of nitrogens with two attached hydrogens (primary N) is 1. The second-order valence-electron chi connectivity index (χ2n) is 11.4. The number of rotatable bonds is 12. The number of nitrogens with one attached hydrogen (secondary N) is 2. The van der Waals surface area contributed by atoms with Crippen LogP contribution in [0.25, 0.3) is 0 Å². The SMILES string of the molecule is CCC[C@@H](NC(=O)N1CC(=NOCC(F)(F)F)NC[C@H](Cc2cc(Cl)ccc2OC)C1=O)c1ccc(C(=O)C(O)c2ccccc2)c(N)c1. The van der Waals surface area contributed by atoms with Crippen LogP contribution in [0.4, 0.5) is 23.7 Å². The number of Topliss-reactive ketones (excluding diaryl/α,β-unsaturated/α-hetero) is 1. The summed E-state index contributed by atoms with van der Waals surface area (Å²) >= 11 is 6.19. The number of nitrogens with zero attached hydrogens (tertiary/aromatic N) is 2. The van der Waals surface area contributed by atoms with Crippen LogP contribution in [-0.2, 0) is 16.1 Å². The van der Waals surface area contributed by atoms with Gasteiger partial charge in [0.25, 0.3) is 0 Å². The third kappa shape index (κ3) is 9.86. The number of aliphatic hydroxyl groups excluding tert-OH is 1. The summed E-state index contributed by atoms with van der Waals surface area (Å²) in [7, 11) is 1.46. The first kappa shape index (κ1) is 37.0. The van der Waals surface area contributed by atoms with E-state index in [-0.39, 0.29) is 30.1 Å². The summed E-state index contributed by atoms with van der Waals surface area (Å²) in [4.78, 5) is 46.1. The Bertz CT molecular complexity index is 1670. The Morgan fingerprint density at radius 1 is 1.14 bits per heavy atom. The number of hydrogen-bond donors (Lipinski definition) is 4. The monoisotopic (exact) mass is 703 g/mol. The van der Waals surface area contributed by atoms with E-state index in [0.717, 1.165) is 4.90 Å². The van der Waals surface area contributed by atoms with E-state index in [4.69, 9.17) is 22.1 Å². The first-order valence-electron chi connectivity index (χ1n) is 15.4. The van der Waals surface area contributed by atoms with Crippen LogP contribution in [0.1, 0.15) is 59.0 Å². The molecule has 5 N–H and O–H groups in total. The Morgan fingerprint density at radius 2 is 1.88 bits per heavy atom. The number of hydrogen-bond acceptors (Lipinski definition) is 8.